The molecule has 1 aromatic heterocycles. The number of anilines is 4. The van der Waals surface area contributed by atoms with Crippen LogP contribution in [-0.2, 0) is 27.8 Å². The number of rotatable bonds is 8. The Morgan fingerprint density at radius 3 is 2.57 bits per heavy atom. The van der Waals surface area contributed by atoms with E-state index in [4.69, 9.17) is 16.3 Å². The molecule has 198 valence electrons. The molecule has 3 aromatic rings. The summed E-state index contributed by atoms with van der Waals surface area (Å²) in [5, 5.41) is 6.50. The van der Waals surface area contributed by atoms with Gasteiger partial charge in [0.1, 0.15) is 17.9 Å². The van der Waals surface area contributed by atoms with Gasteiger partial charge >= 0.3 is 10.2 Å². The topological polar surface area (TPSA) is 114 Å². The van der Waals surface area contributed by atoms with E-state index in [1.165, 1.54) is 36.7 Å². The van der Waals surface area contributed by atoms with Gasteiger partial charge in [0.15, 0.2) is 5.82 Å². The van der Waals surface area contributed by atoms with Crippen LogP contribution in [0.4, 0.5) is 27.0 Å². The number of likely N-dealkylation sites (N-methyl/N-ethyl adjacent to an activating group) is 1. The van der Waals surface area contributed by atoms with Gasteiger partial charge in [-0.15, -0.1) is 3.89 Å². The highest BCUT2D eigenvalue weighted by molar-refractivity contribution is 7.86. The van der Waals surface area contributed by atoms with Gasteiger partial charge in [-0.1, -0.05) is 18.5 Å². The molecule has 0 aliphatic carbocycles. The molecule has 0 atom stereocenters. The van der Waals surface area contributed by atoms with Gasteiger partial charge in [0, 0.05) is 18.4 Å². The lowest BCUT2D eigenvalue weighted by Crippen LogP contribution is -2.30. The van der Waals surface area contributed by atoms with Crippen molar-refractivity contribution in [3.8, 4) is 5.75 Å². The fourth-order valence-electron chi connectivity index (χ4n) is 4.16. The Labute approximate surface area is 221 Å². The number of nitrogens with zero attached hydrogens (tertiary/aromatic N) is 3. The largest absolute Gasteiger partial charge is 0.495 e. The fraction of sp³-hybridized carbons (Fsp3) is 0.333. The molecule has 4 rings (SSSR count). The van der Waals surface area contributed by atoms with E-state index < -0.39 is 22.3 Å². The SMILES string of the molecule is CCN1CCc2cc(OC)c(Nc3ncc(Cl)c(Nc4ccc(S(=O)(=O)F)cc4P(C)(C)=O)n3)cc2C1. The zero-order valence-corrected chi connectivity index (χ0v) is 23.3. The lowest BCUT2D eigenvalue weighted by Gasteiger charge is -2.28. The van der Waals surface area contributed by atoms with Gasteiger partial charge in [-0.2, -0.15) is 13.4 Å². The van der Waals surface area contributed by atoms with Crippen molar-refractivity contribution < 1.29 is 21.6 Å². The minimum absolute atomic E-state index is 0.146. The van der Waals surface area contributed by atoms with E-state index in [1.807, 2.05) is 12.1 Å². The van der Waals surface area contributed by atoms with Crippen molar-refractivity contribution in [2.75, 3.05) is 44.2 Å². The summed E-state index contributed by atoms with van der Waals surface area (Å²) >= 11 is 6.33. The molecule has 0 spiro atoms. The molecular weight excluding hydrogens is 540 g/mol. The Bertz CT molecular complexity index is 1500. The zero-order valence-electron chi connectivity index (χ0n) is 20.9. The van der Waals surface area contributed by atoms with E-state index in [9.17, 15) is 16.9 Å². The number of benzene rings is 2. The maximum atomic E-state index is 13.6. The summed E-state index contributed by atoms with van der Waals surface area (Å²) in [5.41, 5.74) is 3.41. The van der Waals surface area contributed by atoms with E-state index in [0.29, 0.717) is 17.1 Å². The second-order valence-electron chi connectivity index (χ2n) is 9.05. The predicted molar refractivity (Wildman–Crippen MR) is 145 cm³/mol. The number of ether oxygens (including phenoxy) is 1. The number of aromatic nitrogens is 2. The Morgan fingerprint density at radius 1 is 1.16 bits per heavy atom. The third kappa shape index (κ3) is 6.23. The molecule has 2 heterocycles. The molecule has 0 fully saturated rings. The Hall–Kier alpha value is -2.72. The monoisotopic (exact) mass is 567 g/mol. The highest BCUT2D eigenvalue weighted by atomic mass is 35.5. The number of hydrogen-bond donors (Lipinski definition) is 2. The summed E-state index contributed by atoms with van der Waals surface area (Å²) in [6.45, 7) is 7.84. The molecule has 0 saturated heterocycles. The second kappa shape index (κ2) is 10.6. The molecule has 0 unspecified atom stereocenters. The van der Waals surface area contributed by atoms with E-state index in [-0.39, 0.29) is 22.1 Å². The average Bonchev–Trinajstić information content (AvgIpc) is 2.84. The van der Waals surface area contributed by atoms with Crippen molar-refractivity contribution in [1.29, 1.82) is 0 Å². The molecule has 1 aliphatic rings. The Balaban J connectivity index is 1.67. The molecule has 0 bridgehead atoms. The second-order valence-corrected chi connectivity index (χ2v) is 14.0. The van der Waals surface area contributed by atoms with Gasteiger partial charge in [-0.3, -0.25) is 4.90 Å². The quantitative estimate of drug-likeness (QED) is 0.289. The lowest BCUT2D eigenvalue weighted by atomic mass is 9.98. The zero-order chi connectivity index (χ0) is 27.0. The van der Waals surface area contributed by atoms with E-state index in [2.05, 4.69) is 32.4 Å². The van der Waals surface area contributed by atoms with Crippen LogP contribution in [0.1, 0.15) is 18.1 Å². The maximum absolute atomic E-state index is 13.6. The van der Waals surface area contributed by atoms with E-state index in [1.54, 1.807) is 7.11 Å². The normalized spacial score (nSPS) is 14.2. The van der Waals surface area contributed by atoms with Crippen molar-refractivity contribution in [2.45, 2.75) is 24.8 Å². The lowest BCUT2D eigenvalue weighted by molar-refractivity contribution is 0.267. The van der Waals surface area contributed by atoms with Crippen LogP contribution in [0.3, 0.4) is 0 Å². The van der Waals surface area contributed by atoms with Crippen LogP contribution in [-0.4, -0.2) is 56.8 Å². The van der Waals surface area contributed by atoms with Gasteiger partial charge in [0.25, 0.3) is 0 Å². The maximum Gasteiger partial charge on any atom is 0.332 e. The van der Waals surface area contributed by atoms with Gasteiger partial charge in [0.2, 0.25) is 5.95 Å². The number of fused-ring (bicyclic) bond motifs is 1. The summed E-state index contributed by atoms with van der Waals surface area (Å²) in [5.74, 6) is 1.08. The highest BCUT2D eigenvalue weighted by Gasteiger charge is 2.23. The molecular formula is C24H28ClFN5O4PS. The van der Waals surface area contributed by atoms with E-state index >= 15 is 0 Å². The predicted octanol–water partition coefficient (Wildman–Crippen LogP) is 4.91. The summed E-state index contributed by atoms with van der Waals surface area (Å²) in [7, 11) is -6.39. The third-order valence-electron chi connectivity index (χ3n) is 6.13. The van der Waals surface area contributed by atoms with Crippen molar-refractivity contribution in [1.82, 2.24) is 14.9 Å². The van der Waals surface area contributed by atoms with E-state index in [0.717, 1.165) is 38.2 Å². The van der Waals surface area contributed by atoms with Crippen molar-refractivity contribution >= 4 is 57.4 Å². The smallest absolute Gasteiger partial charge is 0.332 e. The first kappa shape index (κ1) is 27.3. The first-order chi connectivity index (χ1) is 17.4. The molecule has 2 aromatic carbocycles. The van der Waals surface area contributed by atoms with Crippen LogP contribution in [0.5, 0.6) is 5.75 Å². The van der Waals surface area contributed by atoms with Crippen molar-refractivity contribution in [3.63, 3.8) is 0 Å². The molecule has 0 saturated carbocycles. The van der Waals surface area contributed by atoms with Crippen LogP contribution in [0.15, 0.2) is 41.4 Å². The minimum atomic E-state index is -4.97. The van der Waals surface area contributed by atoms with Gasteiger partial charge in [-0.05, 0) is 67.8 Å². The van der Waals surface area contributed by atoms with Crippen LogP contribution in [0.2, 0.25) is 5.02 Å². The number of nitrogens with one attached hydrogen (secondary N) is 2. The van der Waals surface area contributed by atoms with Gasteiger partial charge in [-0.25, -0.2) is 4.98 Å². The summed E-state index contributed by atoms with van der Waals surface area (Å²) < 4.78 is 54.8. The van der Waals surface area contributed by atoms with Crippen LogP contribution in [0, 0.1) is 0 Å². The minimum Gasteiger partial charge on any atom is -0.495 e. The molecule has 0 radical (unpaired) electrons. The Morgan fingerprint density at radius 2 is 1.92 bits per heavy atom. The van der Waals surface area contributed by atoms with Gasteiger partial charge < -0.3 is 19.9 Å². The fourth-order valence-corrected chi connectivity index (χ4v) is 6.03. The average molecular weight is 568 g/mol. The first-order valence-electron chi connectivity index (χ1n) is 11.5. The standard InChI is InChI=1S/C24H28ClFN5O4PS/c1-5-31-9-8-15-11-21(35-2)20(10-16(15)14-31)29-24-27-13-18(25)23(30-24)28-19-7-6-17(37(26,33)34)12-22(19)36(3,4)32/h6-7,10-13H,5,8-9,14H2,1-4H3,(H2,27,28,29,30). The van der Waals surface area contributed by atoms with Crippen LogP contribution in [0.25, 0.3) is 0 Å². The molecule has 13 heteroatoms. The first-order valence-corrected chi connectivity index (χ1v) is 15.9. The van der Waals surface area contributed by atoms with Crippen LogP contribution < -0.4 is 20.7 Å². The van der Waals surface area contributed by atoms with Crippen molar-refractivity contribution in [3.05, 3.63) is 52.7 Å². The van der Waals surface area contributed by atoms with Gasteiger partial charge in [0.05, 0.1) is 29.6 Å². The number of hydrogen-bond acceptors (Lipinski definition) is 9. The highest BCUT2D eigenvalue weighted by Crippen LogP contribution is 2.40. The molecule has 1 aliphatic heterocycles. The summed E-state index contributed by atoms with van der Waals surface area (Å²) in [6.07, 6.45) is 2.34. The van der Waals surface area contributed by atoms with Crippen LogP contribution >= 0.6 is 18.7 Å². The summed E-state index contributed by atoms with van der Waals surface area (Å²) in [4.78, 5) is 10.5. The molecule has 9 nitrogen and oxygen atoms in total. The number of halogens is 2. The van der Waals surface area contributed by atoms with Crippen molar-refractivity contribution in [2.24, 2.45) is 0 Å². The Kier molecular flexibility index (Phi) is 7.80. The number of methoxy groups -OCH3 is 1. The molecule has 37 heavy (non-hydrogen) atoms. The molecule has 2 N–H and O–H groups in total. The molecule has 0 amide bonds. The third-order valence-corrected chi connectivity index (χ3v) is 8.76. The summed E-state index contributed by atoms with van der Waals surface area (Å²) in [6, 6.07) is 7.53.